The quantitative estimate of drug-likeness (QED) is 0.219. The standard InChI is InChI=1S/C17H10I3NO8/c18-14-8(4-11(22)23)15(19)13(16(20)9(14)5-12(24)25)6-1-2-7(17(26)27)10(3-6)21(28)29/h1-3H,4-5H2,(H,22,23)(H,24,25)(H,26,27). The van der Waals surface area contributed by atoms with Crippen molar-refractivity contribution >= 4 is 91.4 Å². The minimum absolute atomic E-state index is 0.296. The molecule has 0 atom stereocenters. The van der Waals surface area contributed by atoms with E-state index in [1.807, 2.05) is 67.8 Å². The summed E-state index contributed by atoms with van der Waals surface area (Å²) >= 11 is 5.75. The Bertz CT molecular complexity index is 1020. The average molecular weight is 737 g/mol. The van der Waals surface area contributed by atoms with E-state index < -0.39 is 34.1 Å². The molecule has 0 aliphatic carbocycles. The zero-order chi connectivity index (χ0) is 22.0. The second-order valence-electron chi connectivity index (χ2n) is 5.71. The van der Waals surface area contributed by atoms with Crippen LogP contribution in [-0.4, -0.2) is 38.2 Å². The number of nitrogens with zero attached hydrogens (tertiary/aromatic N) is 1. The number of carboxylic acid groups (broad SMARTS) is 3. The summed E-state index contributed by atoms with van der Waals surface area (Å²) in [5.41, 5.74) is 0.431. The monoisotopic (exact) mass is 737 g/mol. The van der Waals surface area contributed by atoms with E-state index in [0.717, 1.165) is 12.1 Å². The lowest BCUT2D eigenvalue weighted by Gasteiger charge is -2.18. The van der Waals surface area contributed by atoms with Gasteiger partial charge in [-0.05, 0) is 90.5 Å². The molecule has 29 heavy (non-hydrogen) atoms. The lowest BCUT2D eigenvalue weighted by atomic mass is 9.95. The van der Waals surface area contributed by atoms with E-state index in [2.05, 4.69) is 0 Å². The van der Waals surface area contributed by atoms with Crippen LogP contribution in [0.15, 0.2) is 18.2 Å². The molecule has 2 aromatic rings. The highest BCUT2D eigenvalue weighted by molar-refractivity contribution is 14.1. The first-order valence-electron chi connectivity index (χ1n) is 7.59. The van der Waals surface area contributed by atoms with E-state index in [1.165, 1.54) is 6.07 Å². The number of aromatic carboxylic acids is 1. The molecule has 0 amide bonds. The lowest BCUT2D eigenvalue weighted by molar-refractivity contribution is -0.385. The number of carboxylic acids is 3. The van der Waals surface area contributed by atoms with Crippen molar-refractivity contribution in [3.63, 3.8) is 0 Å². The van der Waals surface area contributed by atoms with Gasteiger partial charge in [0.15, 0.2) is 0 Å². The Morgan fingerprint density at radius 1 is 0.897 bits per heavy atom. The van der Waals surface area contributed by atoms with Gasteiger partial charge in [-0.3, -0.25) is 19.7 Å². The van der Waals surface area contributed by atoms with Crippen LogP contribution in [0.1, 0.15) is 21.5 Å². The van der Waals surface area contributed by atoms with Crippen LogP contribution in [-0.2, 0) is 22.4 Å². The van der Waals surface area contributed by atoms with Crippen LogP contribution >= 0.6 is 67.8 Å². The fourth-order valence-corrected chi connectivity index (χ4v) is 7.21. The predicted molar refractivity (Wildman–Crippen MR) is 126 cm³/mol. The molecule has 9 nitrogen and oxygen atoms in total. The predicted octanol–water partition coefficient (Wildman–Crippen LogP) is 4.03. The molecule has 0 aromatic heterocycles. The van der Waals surface area contributed by atoms with Crippen LogP contribution < -0.4 is 0 Å². The molecular weight excluding hydrogens is 727 g/mol. The first kappa shape index (κ1) is 23.7. The highest BCUT2D eigenvalue weighted by Crippen LogP contribution is 2.40. The van der Waals surface area contributed by atoms with Crippen molar-refractivity contribution in [3.05, 3.63) is 55.7 Å². The number of nitro groups is 1. The third kappa shape index (κ3) is 5.14. The second-order valence-corrected chi connectivity index (χ2v) is 8.95. The van der Waals surface area contributed by atoms with Gasteiger partial charge in [0.25, 0.3) is 5.69 Å². The summed E-state index contributed by atoms with van der Waals surface area (Å²) < 4.78 is 1.51. The fraction of sp³-hybridized carbons (Fsp3) is 0.118. The van der Waals surface area contributed by atoms with Gasteiger partial charge in [0, 0.05) is 22.3 Å². The molecule has 0 bridgehead atoms. The number of benzene rings is 2. The molecule has 0 heterocycles. The van der Waals surface area contributed by atoms with Crippen LogP contribution in [0.25, 0.3) is 11.1 Å². The average Bonchev–Trinajstić information content (AvgIpc) is 2.61. The molecule has 0 saturated carbocycles. The zero-order valence-corrected chi connectivity index (χ0v) is 20.6. The molecule has 0 spiro atoms. The maximum Gasteiger partial charge on any atom is 0.342 e. The van der Waals surface area contributed by atoms with E-state index in [4.69, 9.17) is 5.11 Å². The molecule has 3 N–H and O–H groups in total. The summed E-state index contributed by atoms with van der Waals surface area (Å²) in [5, 5.41) is 39.0. The van der Waals surface area contributed by atoms with Gasteiger partial charge in [0.05, 0.1) is 17.8 Å². The van der Waals surface area contributed by atoms with Gasteiger partial charge in [-0.1, -0.05) is 6.07 Å². The number of hydrogen-bond donors (Lipinski definition) is 3. The Hall–Kier alpha value is -1.56. The summed E-state index contributed by atoms with van der Waals surface area (Å²) in [6.07, 6.45) is -0.717. The maximum absolute atomic E-state index is 11.3. The van der Waals surface area contributed by atoms with Crippen LogP contribution in [0.3, 0.4) is 0 Å². The van der Waals surface area contributed by atoms with E-state index >= 15 is 0 Å². The zero-order valence-electron chi connectivity index (χ0n) is 14.1. The van der Waals surface area contributed by atoms with Gasteiger partial charge < -0.3 is 15.3 Å². The van der Waals surface area contributed by atoms with E-state index in [-0.39, 0.29) is 12.8 Å². The summed E-state index contributed by atoms with van der Waals surface area (Å²) in [6, 6.07) is 3.59. The number of halogens is 3. The third-order valence-corrected chi connectivity index (χ3v) is 7.55. The fourth-order valence-electron chi connectivity index (χ4n) is 2.66. The number of hydrogen-bond acceptors (Lipinski definition) is 5. The van der Waals surface area contributed by atoms with Gasteiger partial charge in [-0.25, -0.2) is 4.79 Å². The molecule has 2 rings (SSSR count). The highest BCUT2D eigenvalue weighted by atomic mass is 127. The van der Waals surface area contributed by atoms with Gasteiger partial charge in [-0.15, -0.1) is 0 Å². The van der Waals surface area contributed by atoms with Crippen molar-refractivity contribution in [3.8, 4) is 11.1 Å². The molecule has 0 radical (unpaired) electrons. The minimum atomic E-state index is -1.45. The number of rotatable bonds is 7. The van der Waals surface area contributed by atoms with Gasteiger partial charge in [0.2, 0.25) is 0 Å². The topological polar surface area (TPSA) is 155 Å². The Morgan fingerprint density at radius 3 is 1.76 bits per heavy atom. The second kappa shape index (κ2) is 9.50. The van der Waals surface area contributed by atoms with E-state index in [1.54, 1.807) is 0 Å². The molecule has 0 aliphatic rings. The van der Waals surface area contributed by atoms with Gasteiger partial charge in [0.1, 0.15) is 5.56 Å². The lowest BCUT2D eigenvalue weighted by Crippen LogP contribution is -2.13. The van der Waals surface area contributed by atoms with Crippen molar-refractivity contribution in [2.24, 2.45) is 0 Å². The Balaban J connectivity index is 2.89. The first-order valence-corrected chi connectivity index (χ1v) is 10.8. The molecule has 0 fully saturated rings. The number of carbonyl (C=O) groups is 3. The van der Waals surface area contributed by atoms with Crippen molar-refractivity contribution in [1.82, 2.24) is 0 Å². The Labute approximate surface area is 204 Å². The van der Waals surface area contributed by atoms with Crippen LogP contribution in [0.2, 0.25) is 0 Å². The van der Waals surface area contributed by atoms with Crippen LogP contribution in [0.5, 0.6) is 0 Å². The SMILES string of the molecule is O=C(O)Cc1c(I)c(CC(=O)O)c(I)c(-c2ccc(C(=O)O)c([N+](=O)[O-])c2)c1I. The molecular formula is C17H10I3NO8. The highest BCUT2D eigenvalue weighted by Gasteiger charge is 2.26. The Morgan fingerprint density at radius 2 is 1.38 bits per heavy atom. The molecule has 152 valence electrons. The molecule has 2 aromatic carbocycles. The first-order chi connectivity index (χ1) is 13.5. The largest absolute Gasteiger partial charge is 0.481 e. The van der Waals surface area contributed by atoms with Gasteiger partial charge >= 0.3 is 17.9 Å². The molecule has 0 saturated heterocycles. The van der Waals surface area contributed by atoms with E-state index in [0.29, 0.717) is 33.0 Å². The van der Waals surface area contributed by atoms with Gasteiger partial charge in [-0.2, -0.15) is 0 Å². The smallest absolute Gasteiger partial charge is 0.342 e. The molecule has 12 heteroatoms. The molecule has 0 aliphatic heterocycles. The van der Waals surface area contributed by atoms with E-state index in [9.17, 15) is 34.7 Å². The summed E-state index contributed by atoms with van der Waals surface area (Å²) in [5.74, 6) is -3.67. The van der Waals surface area contributed by atoms with Crippen molar-refractivity contribution < 1.29 is 34.6 Å². The summed E-state index contributed by atoms with van der Waals surface area (Å²) in [4.78, 5) is 44.4. The maximum atomic E-state index is 11.3. The Kier molecular flexibility index (Phi) is 7.77. The van der Waals surface area contributed by atoms with Crippen LogP contribution in [0, 0.1) is 20.8 Å². The molecule has 0 unspecified atom stereocenters. The normalized spacial score (nSPS) is 10.6. The van der Waals surface area contributed by atoms with Crippen molar-refractivity contribution in [2.75, 3.05) is 0 Å². The van der Waals surface area contributed by atoms with Crippen molar-refractivity contribution in [1.29, 1.82) is 0 Å². The summed E-state index contributed by atoms with van der Waals surface area (Å²) in [7, 11) is 0. The third-order valence-electron chi connectivity index (χ3n) is 3.87. The van der Waals surface area contributed by atoms with Crippen molar-refractivity contribution in [2.45, 2.75) is 12.8 Å². The number of nitro benzene ring substituents is 1. The van der Waals surface area contributed by atoms with Crippen LogP contribution in [0.4, 0.5) is 5.69 Å². The summed E-state index contributed by atoms with van der Waals surface area (Å²) in [6.45, 7) is 0. The minimum Gasteiger partial charge on any atom is -0.481 e. The number of aliphatic carboxylic acids is 2.